The molecule has 0 radical (unpaired) electrons. The van der Waals surface area contributed by atoms with Gasteiger partial charge in [-0.15, -0.1) is 0 Å². The number of aryl methyl sites for hydroxylation is 1. The highest BCUT2D eigenvalue weighted by Gasteiger charge is 2.24. The summed E-state index contributed by atoms with van der Waals surface area (Å²) in [6, 6.07) is 0.571. The molecule has 0 saturated heterocycles. The van der Waals surface area contributed by atoms with Gasteiger partial charge in [-0.1, -0.05) is 33.1 Å². The van der Waals surface area contributed by atoms with E-state index in [2.05, 4.69) is 41.4 Å². The molecule has 0 bridgehead atoms. The smallest absolute Gasteiger partial charge is 0.224 e. The van der Waals surface area contributed by atoms with Crippen LogP contribution in [-0.4, -0.2) is 22.6 Å². The fraction of sp³-hybridized carbons (Fsp3) is 0.750. The lowest BCUT2D eigenvalue weighted by atomic mass is 9.83. The normalized spacial score (nSPS) is 22.6. The number of aromatic nitrogens is 2. The van der Waals surface area contributed by atoms with Gasteiger partial charge in [0.15, 0.2) is 0 Å². The van der Waals surface area contributed by atoms with Gasteiger partial charge in [-0.05, 0) is 32.1 Å². The summed E-state index contributed by atoms with van der Waals surface area (Å²) in [5.74, 6) is 2.53. The Morgan fingerprint density at radius 1 is 1.25 bits per heavy atom. The Bertz CT molecular complexity index is 419. The van der Waals surface area contributed by atoms with E-state index in [0.29, 0.717) is 6.04 Å². The fourth-order valence-corrected chi connectivity index (χ4v) is 2.97. The van der Waals surface area contributed by atoms with Crippen LogP contribution < -0.4 is 10.6 Å². The lowest BCUT2D eigenvalue weighted by Crippen LogP contribution is -2.32. The lowest BCUT2D eigenvalue weighted by Gasteiger charge is -2.32. The predicted octanol–water partition coefficient (Wildman–Crippen LogP) is 3.99. The second-order valence-electron chi connectivity index (χ2n) is 5.86. The van der Waals surface area contributed by atoms with Crippen molar-refractivity contribution >= 4 is 11.8 Å². The molecule has 1 aliphatic rings. The van der Waals surface area contributed by atoms with Crippen LogP contribution in [0.15, 0.2) is 6.20 Å². The molecule has 1 saturated carbocycles. The van der Waals surface area contributed by atoms with Crippen LogP contribution in [-0.2, 0) is 0 Å². The molecule has 0 amide bonds. The second-order valence-corrected chi connectivity index (χ2v) is 5.86. The van der Waals surface area contributed by atoms with Crippen molar-refractivity contribution in [3.05, 3.63) is 11.8 Å². The summed E-state index contributed by atoms with van der Waals surface area (Å²) < 4.78 is 0. The summed E-state index contributed by atoms with van der Waals surface area (Å²) in [5, 5.41) is 6.94. The molecular formula is C16H28N4. The molecule has 112 valence electrons. The molecule has 4 nitrogen and oxygen atoms in total. The molecule has 20 heavy (non-hydrogen) atoms. The van der Waals surface area contributed by atoms with Crippen molar-refractivity contribution in [2.75, 3.05) is 17.2 Å². The molecule has 0 spiro atoms. The minimum atomic E-state index is 0.571. The molecule has 2 atom stereocenters. The third-order valence-electron chi connectivity index (χ3n) is 4.26. The molecule has 0 aromatic carbocycles. The molecule has 1 fully saturated rings. The van der Waals surface area contributed by atoms with E-state index >= 15 is 0 Å². The highest BCUT2D eigenvalue weighted by Crippen LogP contribution is 2.29. The molecule has 2 unspecified atom stereocenters. The van der Waals surface area contributed by atoms with Crippen molar-refractivity contribution < 1.29 is 0 Å². The Morgan fingerprint density at radius 2 is 2.05 bits per heavy atom. The van der Waals surface area contributed by atoms with Gasteiger partial charge in [0.05, 0.1) is 0 Å². The first-order chi connectivity index (χ1) is 9.74. The van der Waals surface area contributed by atoms with Gasteiger partial charge in [-0.2, -0.15) is 4.98 Å². The number of anilines is 2. The van der Waals surface area contributed by atoms with Gasteiger partial charge in [0.1, 0.15) is 5.82 Å². The minimum Gasteiger partial charge on any atom is -0.367 e. The SMILES string of the molecule is CCCNc1ncc(C)c(NC2CCCCC2CC)n1. The zero-order chi connectivity index (χ0) is 14.4. The number of nitrogens with zero attached hydrogens (tertiary/aromatic N) is 2. The highest BCUT2D eigenvalue weighted by molar-refractivity contribution is 5.47. The Labute approximate surface area is 122 Å². The number of nitrogens with one attached hydrogen (secondary N) is 2. The maximum atomic E-state index is 4.64. The van der Waals surface area contributed by atoms with Crippen molar-refractivity contribution in [2.24, 2.45) is 5.92 Å². The van der Waals surface area contributed by atoms with E-state index in [9.17, 15) is 0 Å². The van der Waals surface area contributed by atoms with E-state index in [-0.39, 0.29) is 0 Å². The molecule has 1 aromatic heterocycles. The van der Waals surface area contributed by atoms with Gasteiger partial charge < -0.3 is 10.6 Å². The first-order valence-electron chi connectivity index (χ1n) is 8.08. The lowest BCUT2D eigenvalue weighted by molar-refractivity contribution is 0.316. The highest BCUT2D eigenvalue weighted by atomic mass is 15.1. The standard InChI is InChI=1S/C16H28N4/c1-4-10-17-16-18-11-12(3)15(20-16)19-14-9-7-6-8-13(14)5-2/h11,13-14H,4-10H2,1-3H3,(H2,17,18,19,20). The quantitative estimate of drug-likeness (QED) is 0.825. The first kappa shape index (κ1) is 15.1. The zero-order valence-electron chi connectivity index (χ0n) is 13.1. The molecule has 1 aliphatic carbocycles. The van der Waals surface area contributed by atoms with Gasteiger partial charge in [0.25, 0.3) is 0 Å². The minimum absolute atomic E-state index is 0.571. The number of hydrogen-bond donors (Lipinski definition) is 2. The zero-order valence-corrected chi connectivity index (χ0v) is 13.1. The van der Waals surface area contributed by atoms with Crippen LogP contribution in [0.4, 0.5) is 11.8 Å². The second kappa shape index (κ2) is 7.46. The summed E-state index contributed by atoms with van der Waals surface area (Å²) in [6.45, 7) is 7.44. The molecule has 0 aliphatic heterocycles. The van der Waals surface area contributed by atoms with Gasteiger partial charge in [0.2, 0.25) is 5.95 Å². The summed E-state index contributed by atoms with van der Waals surface area (Å²) >= 11 is 0. The van der Waals surface area contributed by atoms with Crippen molar-refractivity contribution in [3.63, 3.8) is 0 Å². The van der Waals surface area contributed by atoms with E-state index in [1.807, 2.05) is 6.20 Å². The molecule has 1 aromatic rings. The summed E-state index contributed by atoms with van der Waals surface area (Å²) in [7, 11) is 0. The van der Waals surface area contributed by atoms with Crippen molar-refractivity contribution in [1.29, 1.82) is 0 Å². The van der Waals surface area contributed by atoms with E-state index < -0.39 is 0 Å². The molecule has 1 heterocycles. The maximum absolute atomic E-state index is 4.64. The van der Waals surface area contributed by atoms with Crippen LogP contribution >= 0.6 is 0 Å². The third kappa shape index (κ3) is 3.84. The number of rotatable bonds is 6. The fourth-order valence-electron chi connectivity index (χ4n) is 2.97. The first-order valence-corrected chi connectivity index (χ1v) is 8.08. The van der Waals surface area contributed by atoms with Crippen LogP contribution in [0.5, 0.6) is 0 Å². The Hall–Kier alpha value is -1.32. The average Bonchev–Trinajstić information content (AvgIpc) is 2.48. The van der Waals surface area contributed by atoms with Crippen molar-refractivity contribution in [2.45, 2.75) is 65.3 Å². The van der Waals surface area contributed by atoms with Gasteiger partial charge in [-0.25, -0.2) is 4.98 Å². The van der Waals surface area contributed by atoms with Crippen LogP contribution in [0.25, 0.3) is 0 Å². The third-order valence-corrected chi connectivity index (χ3v) is 4.26. The van der Waals surface area contributed by atoms with Crippen LogP contribution in [0, 0.1) is 12.8 Å². The summed E-state index contributed by atoms with van der Waals surface area (Å²) in [6.07, 6.45) is 9.57. The molecular weight excluding hydrogens is 248 g/mol. The van der Waals surface area contributed by atoms with Crippen LogP contribution in [0.1, 0.15) is 57.9 Å². The monoisotopic (exact) mass is 276 g/mol. The van der Waals surface area contributed by atoms with Gasteiger partial charge >= 0.3 is 0 Å². The molecule has 2 rings (SSSR count). The van der Waals surface area contributed by atoms with E-state index in [0.717, 1.165) is 36.2 Å². The Morgan fingerprint density at radius 3 is 2.80 bits per heavy atom. The largest absolute Gasteiger partial charge is 0.367 e. The van der Waals surface area contributed by atoms with Crippen LogP contribution in [0.3, 0.4) is 0 Å². The average molecular weight is 276 g/mol. The summed E-state index contributed by atoms with van der Waals surface area (Å²) in [4.78, 5) is 8.99. The van der Waals surface area contributed by atoms with Gasteiger partial charge in [0, 0.05) is 24.3 Å². The maximum Gasteiger partial charge on any atom is 0.224 e. The molecule has 4 heteroatoms. The van der Waals surface area contributed by atoms with E-state index in [4.69, 9.17) is 0 Å². The van der Waals surface area contributed by atoms with Crippen LogP contribution in [0.2, 0.25) is 0 Å². The van der Waals surface area contributed by atoms with Gasteiger partial charge in [-0.3, -0.25) is 0 Å². The topological polar surface area (TPSA) is 49.8 Å². The predicted molar refractivity (Wildman–Crippen MR) is 85.2 cm³/mol. The Kier molecular flexibility index (Phi) is 5.62. The van der Waals surface area contributed by atoms with Crippen molar-refractivity contribution in [1.82, 2.24) is 9.97 Å². The van der Waals surface area contributed by atoms with E-state index in [1.54, 1.807) is 0 Å². The molecule has 2 N–H and O–H groups in total. The Balaban J connectivity index is 2.06. The summed E-state index contributed by atoms with van der Waals surface area (Å²) in [5.41, 5.74) is 1.13. The van der Waals surface area contributed by atoms with E-state index in [1.165, 1.54) is 32.1 Å². The number of hydrogen-bond acceptors (Lipinski definition) is 4. The van der Waals surface area contributed by atoms with Crippen molar-refractivity contribution in [3.8, 4) is 0 Å².